The van der Waals surface area contributed by atoms with Crippen molar-refractivity contribution in [2.45, 2.75) is 19.8 Å². The van der Waals surface area contributed by atoms with E-state index in [0.29, 0.717) is 32.6 Å². The molecule has 5 nitrogen and oxygen atoms in total. The maximum Gasteiger partial charge on any atom is 0.223 e. The van der Waals surface area contributed by atoms with E-state index < -0.39 is 0 Å². The SMILES string of the molecule is Cc1nc(-c2cccs2)c(CCC(=O)N2CCN(C=O)CC2)s1. The fraction of sp³-hybridized carbons (Fsp3) is 0.438. The summed E-state index contributed by atoms with van der Waals surface area (Å²) in [6.45, 7) is 4.55. The Hall–Kier alpha value is -1.73. The lowest BCUT2D eigenvalue weighted by Crippen LogP contribution is -2.48. The number of aryl methyl sites for hydroxylation is 2. The van der Waals surface area contributed by atoms with Crippen molar-refractivity contribution in [1.29, 1.82) is 0 Å². The second-order valence-electron chi connectivity index (χ2n) is 5.50. The lowest BCUT2D eigenvalue weighted by Gasteiger charge is -2.32. The van der Waals surface area contributed by atoms with Crippen molar-refractivity contribution in [3.63, 3.8) is 0 Å². The van der Waals surface area contributed by atoms with E-state index in [1.54, 1.807) is 27.6 Å². The summed E-state index contributed by atoms with van der Waals surface area (Å²) in [7, 11) is 0. The van der Waals surface area contributed by atoms with Crippen LogP contribution in [0.25, 0.3) is 10.6 Å². The van der Waals surface area contributed by atoms with Crippen LogP contribution in [0.2, 0.25) is 0 Å². The Labute approximate surface area is 143 Å². The van der Waals surface area contributed by atoms with E-state index in [0.717, 1.165) is 28.4 Å². The number of carbonyl (C=O) groups excluding carboxylic acids is 2. The van der Waals surface area contributed by atoms with Gasteiger partial charge in [-0.15, -0.1) is 22.7 Å². The summed E-state index contributed by atoms with van der Waals surface area (Å²) in [6, 6.07) is 4.10. The van der Waals surface area contributed by atoms with Gasteiger partial charge in [-0.2, -0.15) is 0 Å². The first-order valence-electron chi connectivity index (χ1n) is 7.64. The first-order valence-corrected chi connectivity index (χ1v) is 9.34. The largest absolute Gasteiger partial charge is 0.342 e. The molecule has 0 unspecified atom stereocenters. The topological polar surface area (TPSA) is 53.5 Å². The Kier molecular flexibility index (Phi) is 5.07. The average Bonchev–Trinajstić information content (AvgIpc) is 3.22. The molecule has 0 N–H and O–H groups in total. The standard InChI is InChI=1S/C16H19N3O2S2/c1-12-17-16(13-3-2-10-22-13)14(23-12)4-5-15(21)19-8-6-18(11-20)7-9-19/h2-3,10-11H,4-9H2,1H3. The Morgan fingerprint density at radius 1 is 1.35 bits per heavy atom. The van der Waals surface area contributed by atoms with Crippen LogP contribution in [0.15, 0.2) is 17.5 Å². The van der Waals surface area contributed by atoms with E-state index in [1.807, 2.05) is 23.3 Å². The van der Waals surface area contributed by atoms with Crippen LogP contribution in [-0.4, -0.2) is 53.3 Å². The van der Waals surface area contributed by atoms with E-state index >= 15 is 0 Å². The molecule has 0 bridgehead atoms. The van der Waals surface area contributed by atoms with Crippen molar-refractivity contribution < 1.29 is 9.59 Å². The first kappa shape index (κ1) is 16.1. The number of amides is 2. The number of carbonyl (C=O) groups is 2. The van der Waals surface area contributed by atoms with Gasteiger partial charge < -0.3 is 9.80 Å². The third kappa shape index (κ3) is 3.79. The zero-order chi connectivity index (χ0) is 16.2. The van der Waals surface area contributed by atoms with Crippen molar-refractivity contribution in [2.24, 2.45) is 0 Å². The van der Waals surface area contributed by atoms with Gasteiger partial charge in [-0.25, -0.2) is 4.98 Å². The Balaban J connectivity index is 1.61. The van der Waals surface area contributed by atoms with Gasteiger partial charge in [0.15, 0.2) is 0 Å². The second kappa shape index (κ2) is 7.23. The molecule has 1 saturated heterocycles. The maximum absolute atomic E-state index is 12.4. The normalized spacial score (nSPS) is 15.0. The van der Waals surface area contributed by atoms with Gasteiger partial charge >= 0.3 is 0 Å². The monoisotopic (exact) mass is 349 g/mol. The molecular weight excluding hydrogens is 330 g/mol. The molecule has 0 spiro atoms. The minimum Gasteiger partial charge on any atom is -0.342 e. The van der Waals surface area contributed by atoms with Gasteiger partial charge in [-0.3, -0.25) is 9.59 Å². The molecule has 23 heavy (non-hydrogen) atoms. The number of thiophene rings is 1. The summed E-state index contributed by atoms with van der Waals surface area (Å²) in [5.41, 5.74) is 1.03. The van der Waals surface area contributed by atoms with Crippen LogP contribution in [0.4, 0.5) is 0 Å². The summed E-state index contributed by atoms with van der Waals surface area (Å²) in [4.78, 5) is 33.6. The molecule has 3 heterocycles. The number of nitrogens with zero attached hydrogens (tertiary/aromatic N) is 3. The molecular formula is C16H19N3O2S2. The van der Waals surface area contributed by atoms with E-state index in [1.165, 1.54) is 4.88 Å². The fourth-order valence-electron chi connectivity index (χ4n) is 2.70. The summed E-state index contributed by atoms with van der Waals surface area (Å²) in [5, 5.41) is 3.08. The molecule has 122 valence electrons. The molecule has 0 aliphatic carbocycles. The summed E-state index contributed by atoms with van der Waals surface area (Å²) in [6.07, 6.45) is 2.09. The Morgan fingerprint density at radius 3 is 2.78 bits per heavy atom. The van der Waals surface area contributed by atoms with Crippen molar-refractivity contribution >= 4 is 35.0 Å². The predicted octanol–water partition coefficient (Wildman–Crippen LogP) is 2.41. The van der Waals surface area contributed by atoms with Gasteiger partial charge in [0.25, 0.3) is 0 Å². The minimum absolute atomic E-state index is 0.165. The smallest absolute Gasteiger partial charge is 0.223 e. The van der Waals surface area contributed by atoms with Gasteiger partial charge in [-0.05, 0) is 24.8 Å². The van der Waals surface area contributed by atoms with E-state index in [9.17, 15) is 9.59 Å². The molecule has 7 heteroatoms. The quantitative estimate of drug-likeness (QED) is 0.779. The number of hydrogen-bond donors (Lipinski definition) is 0. The summed E-state index contributed by atoms with van der Waals surface area (Å²) in [5.74, 6) is 0.165. The molecule has 2 aromatic heterocycles. The molecule has 1 fully saturated rings. The molecule has 0 atom stereocenters. The number of thiazole rings is 1. The first-order chi connectivity index (χ1) is 11.2. The minimum atomic E-state index is 0.165. The van der Waals surface area contributed by atoms with Gasteiger partial charge in [-0.1, -0.05) is 6.07 Å². The van der Waals surface area contributed by atoms with Crippen LogP contribution in [0.3, 0.4) is 0 Å². The lowest BCUT2D eigenvalue weighted by atomic mass is 10.2. The number of hydrogen-bond acceptors (Lipinski definition) is 5. The molecule has 0 saturated carbocycles. The molecule has 0 radical (unpaired) electrons. The highest BCUT2D eigenvalue weighted by atomic mass is 32.1. The summed E-state index contributed by atoms with van der Waals surface area (Å²) < 4.78 is 0. The number of rotatable bonds is 5. The zero-order valence-corrected chi connectivity index (χ0v) is 14.7. The summed E-state index contributed by atoms with van der Waals surface area (Å²) >= 11 is 3.35. The number of piperazine rings is 1. The van der Waals surface area contributed by atoms with Gasteiger partial charge in [0, 0.05) is 37.5 Å². The second-order valence-corrected chi connectivity index (χ2v) is 7.74. The molecule has 2 amide bonds. The van der Waals surface area contributed by atoms with Gasteiger partial charge in [0.1, 0.15) is 0 Å². The highest BCUT2D eigenvalue weighted by molar-refractivity contribution is 7.15. The van der Waals surface area contributed by atoms with Crippen LogP contribution in [0, 0.1) is 6.92 Å². The van der Waals surface area contributed by atoms with Crippen molar-refractivity contribution in [1.82, 2.24) is 14.8 Å². The average molecular weight is 349 g/mol. The van der Waals surface area contributed by atoms with E-state index in [4.69, 9.17) is 0 Å². The fourth-order valence-corrected chi connectivity index (χ4v) is 4.46. The Morgan fingerprint density at radius 2 is 2.13 bits per heavy atom. The molecule has 2 aromatic rings. The Bertz CT molecular complexity index is 674. The third-order valence-corrected chi connectivity index (χ3v) is 5.85. The molecule has 3 rings (SSSR count). The van der Waals surface area contributed by atoms with Crippen LogP contribution in [0.1, 0.15) is 16.3 Å². The van der Waals surface area contributed by atoms with Gasteiger partial charge in [0.2, 0.25) is 12.3 Å². The van der Waals surface area contributed by atoms with Crippen LogP contribution in [0.5, 0.6) is 0 Å². The molecule has 0 aromatic carbocycles. The number of aromatic nitrogens is 1. The maximum atomic E-state index is 12.4. The van der Waals surface area contributed by atoms with Gasteiger partial charge in [0.05, 0.1) is 15.6 Å². The van der Waals surface area contributed by atoms with E-state index in [-0.39, 0.29) is 5.91 Å². The zero-order valence-electron chi connectivity index (χ0n) is 13.0. The van der Waals surface area contributed by atoms with Crippen LogP contribution >= 0.6 is 22.7 Å². The molecule has 1 aliphatic heterocycles. The van der Waals surface area contributed by atoms with Crippen molar-refractivity contribution in [3.05, 3.63) is 27.4 Å². The molecule has 1 aliphatic rings. The van der Waals surface area contributed by atoms with Crippen molar-refractivity contribution in [2.75, 3.05) is 26.2 Å². The lowest BCUT2D eigenvalue weighted by molar-refractivity contribution is -0.135. The van der Waals surface area contributed by atoms with Crippen LogP contribution in [-0.2, 0) is 16.0 Å². The van der Waals surface area contributed by atoms with Crippen LogP contribution < -0.4 is 0 Å². The highest BCUT2D eigenvalue weighted by Crippen LogP contribution is 2.32. The highest BCUT2D eigenvalue weighted by Gasteiger charge is 2.21. The van der Waals surface area contributed by atoms with E-state index in [2.05, 4.69) is 11.1 Å². The predicted molar refractivity (Wildman–Crippen MR) is 92.7 cm³/mol. The third-order valence-electron chi connectivity index (χ3n) is 3.94. The van der Waals surface area contributed by atoms with Crippen molar-refractivity contribution in [3.8, 4) is 10.6 Å².